The maximum atomic E-state index is 12.0. The van der Waals surface area contributed by atoms with Crippen molar-refractivity contribution in [1.82, 2.24) is 10.3 Å². The van der Waals surface area contributed by atoms with E-state index >= 15 is 0 Å². The molecule has 0 radical (unpaired) electrons. The number of hydrogen-bond acceptors (Lipinski definition) is 6. The molecule has 30 heavy (non-hydrogen) atoms. The first-order valence-corrected chi connectivity index (χ1v) is 10.1. The van der Waals surface area contributed by atoms with Gasteiger partial charge in [-0.05, 0) is 53.7 Å². The minimum absolute atomic E-state index is 0.160. The van der Waals surface area contributed by atoms with Crippen molar-refractivity contribution in [2.24, 2.45) is 4.99 Å². The first-order valence-electron chi connectivity index (χ1n) is 9.25. The van der Waals surface area contributed by atoms with Crippen LogP contribution in [0.4, 0.5) is 10.5 Å². The minimum atomic E-state index is -0.160. The van der Waals surface area contributed by atoms with E-state index in [-0.39, 0.29) is 5.24 Å². The van der Waals surface area contributed by atoms with Crippen molar-refractivity contribution in [1.29, 1.82) is 0 Å². The largest absolute Gasteiger partial charge is 0.497 e. The predicted molar refractivity (Wildman–Crippen MR) is 119 cm³/mol. The number of ether oxygens (including phenoxy) is 2. The second-order valence-corrected chi connectivity index (χ2v) is 7.42. The van der Waals surface area contributed by atoms with Crippen molar-refractivity contribution in [2.45, 2.75) is 6.61 Å². The molecule has 0 aliphatic carbocycles. The highest BCUT2D eigenvalue weighted by molar-refractivity contribution is 8.18. The molecule has 7 heteroatoms. The molecule has 150 valence electrons. The number of carbonyl (C=O) groups excluding carboxylic acids is 1. The van der Waals surface area contributed by atoms with Crippen LogP contribution in [0.5, 0.6) is 11.5 Å². The summed E-state index contributed by atoms with van der Waals surface area (Å²) in [7, 11) is 1.61. The monoisotopic (exact) mass is 417 g/mol. The molecule has 1 saturated heterocycles. The van der Waals surface area contributed by atoms with Gasteiger partial charge in [0.1, 0.15) is 23.9 Å². The number of aromatic nitrogens is 1. The zero-order valence-corrected chi connectivity index (χ0v) is 17.1. The second-order valence-electron chi connectivity index (χ2n) is 6.41. The number of rotatable bonds is 6. The van der Waals surface area contributed by atoms with E-state index in [0.29, 0.717) is 23.9 Å². The van der Waals surface area contributed by atoms with E-state index in [1.54, 1.807) is 19.5 Å². The van der Waals surface area contributed by atoms with Crippen LogP contribution in [0, 0.1) is 0 Å². The number of hydrogen-bond donors (Lipinski definition) is 1. The molecule has 4 rings (SSSR count). The van der Waals surface area contributed by atoms with Gasteiger partial charge in [0.2, 0.25) is 0 Å². The number of aliphatic imine (C=N–C) groups is 1. The summed E-state index contributed by atoms with van der Waals surface area (Å²) in [6.45, 7) is 0.436. The third-order valence-corrected chi connectivity index (χ3v) is 5.05. The Kier molecular flexibility index (Phi) is 6.10. The zero-order chi connectivity index (χ0) is 20.8. The fourth-order valence-electron chi connectivity index (χ4n) is 2.82. The Morgan fingerprint density at radius 3 is 2.80 bits per heavy atom. The lowest BCUT2D eigenvalue weighted by Crippen LogP contribution is -2.18. The van der Waals surface area contributed by atoms with Gasteiger partial charge in [0.15, 0.2) is 0 Å². The summed E-state index contributed by atoms with van der Waals surface area (Å²) in [4.78, 5) is 21.4. The molecule has 1 aliphatic heterocycles. The maximum Gasteiger partial charge on any atom is 0.289 e. The van der Waals surface area contributed by atoms with Gasteiger partial charge in [0, 0.05) is 24.0 Å². The van der Waals surface area contributed by atoms with E-state index in [2.05, 4.69) is 15.3 Å². The van der Waals surface area contributed by atoms with Crippen molar-refractivity contribution < 1.29 is 14.3 Å². The molecule has 0 unspecified atom stereocenters. The van der Waals surface area contributed by atoms with Gasteiger partial charge in [-0.15, -0.1) is 0 Å². The van der Waals surface area contributed by atoms with Crippen LogP contribution < -0.4 is 14.8 Å². The van der Waals surface area contributed by atoms with Crippen LogP contribution >= 0.6 is 11.8 Å². The van der Waals surface area contributed by atoms with Crippen LogP contribution in [0.15, 0.2) is 83.0 Å². The number of nitrogens with zero attached hydrogens (tertiary/aromatic N) is 2. The lowest BCUT2D eigenvalue weighted by atomic mass is 10.2. The van der Waals surface area contributed by atoms with E-state index in [0.717, 1.165) is 33.5 Å². The van der Waals surface area contributed by atoms with Crippen LogP contribution in [-0.2, 0) is 6.61 Å². The highest BCUT2D eigenvalue weighted by Gasteiger charge is 2.23. The Morgan fingerprint density at radius 1 is 1.10 bits per heavy atom. The Balaban J connectivity index is 1.55. The van der Waals surface area contributed by atoms with E-state index < -0.39 is 0 Å². The van der Waals surface area contributed by atoms with E-state index in [1.807, 2.05) is 66.7 Å². The number of amidine groups is 1. The number of methoxy groups -OCH3 is 1. The summed E-state index contributed by atoms with van der Waals surface area (Å²) >= 11 is 1.11. The maximum absolute atomic E-state index is 12.0. The van der Waals surface area contributed by atoms with Crippen molar-refractivity contribution in [3.8, 4) is 11.5 Å². The second kappa shape index (κ2) is 9.28. The summed E-state index contributed by atoms with van der Waals surface area (Å²) in [6.07, 6.45) is 5.42. The van der Waals surface area contributed by atoms with Crippen molar-refractivity contribution >= 4 is 34.6 Å². The third kappa shape index (κ3) is 5.07. The molecule has 0 atom stereocenters. The Bertz CT molecular complexity index is 1110. The number of thioether (sulfide) groups is 1. The number of carbonyl (C=O) groups is 1. The van der Waals surface area contributed by atoms with Gasteiger partial charge in [-0.2, -0.15) is 0 Å². The molecule has 1 fully saturated rings. The van der Waals surface area contributed by atoms with E-state index in [9.17, 15) is 4.79 Å². The van der Waals surface area contributed by atoms with Gasteiger partial charge < -0.3 is 14.8 Å². The van der Waals surface area contributed by atoms with Gasteiger partial charge in [0.25, 0.3) is 5.24 Å². The van der Waals surface area contributed by atoms with Gasteiger partial charge in [-0.25, -0.2) is 4.99 Å². The lowest BCUT2D eigenvalue weighted by molar-refractivity contribution is 0.265. The van der Waals surface area contributed by atoms with Crippen molar-refractivity contribution in [3.63, 3.8) is 0 Å². The first kappa shape index (κ1) is 19.7. The highest BCUT2D eigenvalue weighted by atomic mass is 32.2. The fourth-order valence-corrected chi connectivity index (χ4v) is 3.55. The average Bonchev–Trinajstić information content (AvgIpc) is 3.11. The number of amides is 1. The molecule has 6 nitrogen and oxygen atoms in total. The van der Waals surface area contributed by atoms with Gasteiger partial charge in [-0.1, -0.05) is 24.3 Å². The summed E-state index contributed by atoms with van der Waals surface area (Å²) in [5.41, 5.74) is 2.61. The molecule has 2 aromatic carbocycles. The SMILES string of the molecule is COc1cccc(N=C2NC(=O)S/C2=C/c2cccc(OCc3cccnc3)c2)c1. The molecule has 1 amide bonds. The van der Waals surface area contributed by atoms with Gasteiger partial charge in [0.05, 0.1) is 17.7 Å². The summed E-state index contributed by atoms with van der Waals surface area (Å²) in [5.74, 6) is 1.96. The fraction of sp³-hybridized carbons (Fsp3) is 0.0870. The smallest absolute Gasteiger partial charge is 0.289 e. The molecule has 0 bridgehead atoms. The Hall–Kier alpha value is -3.58. The Morgan fingerprint density at radius 2 is 1.97 bits per heavy atom. The van der Waals surface area contributed by atoms with Crippen molar-refractivity contribution in [2.75, 3.05) is 7.11 Å². The topological polar surface area (TPSA) is 72.8 Å². The quantitative estimate of drug-likeness (QED) is 0.597. The highest BCUT2D eigenvalue weighted by Crippen LogP contribution is 2.30. The predicted octanol–water partition coefficient (Wildman–Crippen LogP) is 5.20. The van der Waals surface area contributed by atoms with Crippen LogP contribution in [0.25, 0.3) is 6.08 Å². The third-order valence-electron chi connectivity index (χ3n) is 4.23. The lowest BCUT2D eigenvalue weighted by Gasteiger charge is -2.07. The normalized spacial score (nSPS) is 16.0. The van der Waals surface area contributed by atoms with Crippen molar-refractivity contribution in [3.05, 3.63) is 89.1 Å². The number of benzene rings is 2. The summed E-state index contributed by atoms with van der Waals surface area (Å²) in [6, 6.07) is 18.9. The molecule has 1 N–H and O–H groups in total. The average molecular weight is 417 g/mol. The summed E-state index contributed by atoms with van der Waals surface area (Å²) < 4.78 is 11.1. The first-order chi connectivity index (χ1) is 14.7. The molecule has 1 aliphatic rings. The zero-order valence-electron chi connectivity index (χ0n) is 16.2. The molecule has 0 saturated carbocycles. The van der Waals surface area contributed by atoms with Crippen LogP contribution in [0.2, 0.25) is 0 Å². The van der Waals surface area contributed by atoms with Crippen LogP contribution in [0.1, 0.15) is 11.1 Å². The molecule has 3 aromatic rings. The summed E-state index contributed by atoms with van der Waals surface area (Å²) in [5, 5.41) is 2.64. The van der Waals surface area contributed by atoms with E-state index in [1.165, 1.54) is 0 Å². The van der Waals surface area contributed by atoms with Crippen LogP contribution in [-0.4, -0.2) is 23.2 Å². The number of nitrogens with one attached hydrogen (secondary N) is 1. The molecular weight excluding hydrogens is 398 g/mol. The van der Waals surface area contributed by atoms with Gasteiger partial charge in [-0.3, -0.25) is 9.78 Å². The van der Waals surface area contributed by atoms with E-state index in [4.69, 9.17) is 9.47 Å². The number of pyridine rings is 1. The van der Waals surface area contributed by atoms with Crippen LogP contribution in [0.3, 0.4) is 0 Å². The molecule has 2 heterocycles. The molecule has 1 aromatic heterocycles. The molecule has 0 spiro atoms. The van der Waals surface area contributed by atoms with Gasteiger partial charge >= 0.3 is 0 Å². The standard InChI is InChI=1S/C23H19N3O3S/c1-28-19-8-3-7-18(13-19)25-22-21(30-23(27)26-22)12-16-5-2-9-20(11-16)29-15-17-6-4-10-24-14-17/h2-14H,15H2,1H3,(H,25,26,27)/b21-12+. The minimum Gasteiger partial charge on any atom is -0.497 e. The Labute approximate surface area is 178 Å². The molecular formula is C23H19N3O3S.